The first kappa shape index (κ1) is 48.2. The van der Waals surface area contributed by atoms with E-state index in [0.29, 0.717) is 6.42 Å². The number of phosphoric ester groups is 1. The smallest absolute Gasteiger partial charge is 0.462 e. The first-order valence-electron chi connectivity index (χ1n) is 19.9. The summed E-state index contributed by atoms with van der Waals surface area (Å²) in [4.78, 5) is 34.7. The molecular formula is C40H74NO8P. The van der Waals surface area contributed by atoms with Gasteiger partial charge in [0.25, 0.3) is 0 Å². The number of unbranched alkanes of at least 4 members (excludes halogenated alkanes) is 20. The molecule has 0 amide bonds. The third-order valence-corrected chi connectivity index (χ3v) is 9.38. The Hall–Kier alpha value is -1.77. The van der Waals surface area contributed by atoms with Gasteiger partial charge in [-0.2, -0.15) is 0 Å². The average Bonchev–Trinajstić information content (AvgIpc) is 3.10. The van der Waals surface area contributed by atoms with Crippen LogP contribution in [-0.4, -0.2) is 49.3 Å². The van der Waals surface area contributed by atoms with Crippen LogP contribution >= 0.6 is 7.82 Å². The van der Waals surface area contributed by atoms with Gasteiger partial charge in [0, 0.05) is 19.4 Å². The van der Waals surface area contributed by atoms with Crippen LogP contribution in [-0.2, 0) is 32.7 Å². The van der Waals surface area contributed by atoms with E-state index in [4.69, 9.17) is 24.3 Å². The van der Waals surface area contributed by atoms with E-state index in [2.05, 4.69) is 37.8 Å². The molecule has 0 aliphatic rings. The Labute approximate surface area is 305 Å². The highest BCUT2D eigenvalue weighted by Gasteiger charge is 2.25. The van der Waals surface area contributed by atoms with Crippen molar-refractivity contribution in [3.05, 3.63) is 37.0 Å². The molecule has 0 aliphatic carbocycles. The third-order valence-electron chi connectivity index (χ3n) is 8.39. The van der Waals surface area contributed by atoms with Crippen LogP contribution in [0.15, 0.2) is 37.0 Å². The van der Waals surface area contributed by atoms with E-state index in [0.717, 1.165) is 70.6 Å². The molecule has 0 aliphatic heterocycles. The Balaban J connectivity index is 4.19. The Morgan fingerprint density at radius 1 is 0.660 bits per heavy atom. The molecule has 0 saturated carbocycles. The van der Waals surface area contributed by atoms with E-state index in [1.807, 2.05) is 6.08 Å². The molecule has 0 aromatic heterocycles. The summed E-state index contributed by atoms with van der Waals surface area (Å²) in [5, 5.41) is 0. The predicted molar refractivity (Wildman–Crippen MR) is 206 cm³/mol. The Morgan fingerprint density at radius 3 is 1.66 bits per heavy atom. The first-order chi connectivity index (χ1) is 24.3. The molecule has 0 aromatic rings. The van der Waals surface area contributed by atoms with Gasteiger partial charge in [0.1, 0.15) is 6.61 Å². The van der Waals surface area contributed by atoms with E-state index in [-0.39, 0.29) is 38.6 Å². The van der Waals surface area contributed by atoms with Gasteiger partial charge in [-0.25, -0.2) is 4.57 Å². The Kier molecular flexibility index (Phi) is 35.7. The van der Waals surface area contributed by atoms with E-state index in [1.54, 1.807) is 0 Å². The van der Waals surface area contributed by atoms with Crippen molar-refractivity contribution in [3.8, 4) is 0 Å². The van der Waals surface area contributed by atoms with Gasteiger partial charge < -0.3 is 20.1 Å². The zero-order chi connectivity index (χ0) is 36.8. The maximum Gasteiger partial charge on any atom is 0.472 e. The van der Waals surface area contributed by atoms with E-state index in [9.17, 15) is 19.0 Å². The molecule has 0 aromatic carbocycles. The number of hydrogen-bond donors (Lipinski definition) is 2. The van der Waals surface area contributed by atoms with Gasteiger partial charge in [0.15, 0.2) is 6.10 Å². The lowest BCUT2D eigenvalue weighted by atomic mass is 10.0. The van der Waals surface area contributed by atoms with Crippen LogP contribution in [0.3, 0.4) is 0 Å². The molecule has 0 bridgehead atoms. The zero-order valence-corrected chi connectivity index (χ0v) is 32.6. The highest BCUT2D eigenvalue weighted by atomic mass is 31.2. The molecule has 10 heteroatoms. The molecule has 2 atom stereocenters. The van der Waals surface area contributed by atoms with Gasteiger partial charge in [-0.15, -0.1) is 6.58 Å². The molecule has 0 rings (SSSR count). The summed E-state index contributed by atoms with van der Waals surface area (Å²) in [5.74, 6) is -0.847. The molecule has 0 radical (unpaired) electrons. The lowest BCUT2D eigenvalue weighted by Crippen LogP contribution is -2.29. The Morgan fingerprint density at radius 2 is 1.14 bits per heavy atom. The van der Waals surface area contributed by atoms with Crippen LogP contribution in [0.5, 0.6) is 0 Å². The van der Waals surface area contributed by atoms with Gasteiger partial charge in [0.2, 0.25) is 0 Å². The highest BCUT2D eigenvalue weighted by Crippen LogP contribution is 2.43. The highest BCUT2D eigenvalue weighted by molar-refractivity contribution is 7.47. The number of esters is 2. The lowest BCUT2D eigenvalue weighted by Gasteiger charge is -2.19. The molecule has 50 heavy (non-hydrogen) atoms. The van der Waals surface area contributed by atoms with Gasteiger partial charge in [-0.05, 0) is 51.4 Å². The summed E-state index contributed by atoms with van der Waals surface area (Å²) < 4.78 is 32.7. The van der Waals surface area contributed by atoms with Gasteiger partial charge in [-0.3, -0.25) is 18.6 Å². The van der Waals surface area contributed by atoms with Crippen LogP contribution in [0, 0.1) is 0 Å². The van der Waals surface area contributed by atoms with Crippen molar-refractivity contribution in [2.45, 2.75) is 180 Å². The normalized spacial score (nSPS) is 13.5. The van der Waals surface area contributed by atoms with Gasteiger partial charge in [-0.1, -0.05) is 140 Å². The largest absolute Gasteiger partial charge is 0.472 e. The van der Waals surface area contributed by atoms with Crippen LogP contribution < -0.4 is 5.73 Å². The van der Waals surface area contributed by atoms with E-state index >= 15 is 0 Å². The van der Waals surface area contributed by atoms with Gasteiger partial charge >= 0.3 is 19.8 Å². The molecule has 1 unspecified atom stereocenters. The fourth-order valence-electron chi connectivity index (χ4n) is 5.39. The second-order valence-corrected chi connectivity index (χ2v) is 14.7. The molecule has 0 saturated heterocycles. The van der Waals surface area contributed by atoms with Crippen molar-refractivity contribution in [2.24, 2.45) is 5.73 Å². The van der Waals surface area contributed by atoms with Crippen LogP contribution in [0.1, 0.15) is 174 Å². The molecule has 3 N–H and O–H groups in total. The minimum absolute atomic E-state index is 0.0502. The number of carbonyl (C=O) groups is 2. The molecule has 9 nitrogen and oxygen atoms in total. The van der Waals surface area contributed by atoms with Crippen LogP contribution in [0.4, 0.5) is 0 Å². The zero-order valence-electron chi connectivity index (χ0n) is 31.7. The monoisotopic (exact) mass is 728 g/mol. The standard InChI is InChI=1S/C40H74NO8P/c1-3-5-7-9-11-13-15-17-19-21-22-24-26-28-30-32-39(42)46-36-38(37-48-50(44,45)47-35-34-41)49-40(43)33-31-29-27-25-23-20-18-16-14-12-10-8-6-4-2/h3,10,12,16,18,38H,1,4-9,11,13-15,17,19-37,41H2,2H3,(H,44,45)/b12-10+,18-16+/t38-/m1/s1. The molecular weight excluding hydrogens is 653 g/mol. The SMILES string of the molecule is C=CCCCCCCCCCCCCCCCC(=O)OC[C@H](COP(=O)(O)OCCN)OC(=O)CCCCCCC/C=C/C/C=C/CCCC. The molecule has 292 valence electrons. The van der Waals surface area contributed by atoms with Crippen molar-refractivity contribution >= 4 is 19.8 Å². The van der Waals surface area contributed by atoms with Crippen LogP contribution in [0.25, 0.3) is 0 Å². The fraction of sp³-hybridized carbons (Fsp3) is 0.800. The lowest BCUT2D eigenvalue weighted by molar-refractivity contribution is -0.161. The third kappa shape index (κ3) is 36.0. The van der Waals surface area contributed by atoms with Crippen molar-refractivity contribution in [2.75, 3.05) is 26.4 Å². The number of ether oxygens (including phenoxy) is 2. The molecule has 0 fully saturated rings. The number of rotatable bonds is 38. The van der Waals surface area contributed by atoms with Crippen molar-refractivity contribution in [1.29, 1.82) is 0 Å². The number of nitrogens with two attached hydrogens (primary N) is 1. The van der Waals surface area contributed by atoms with E-state index in [1.165, 1.54) is 77.0 Å². The average molecular weight is 728 g/mol. The summed E-state index contributed by atoms with van der Waals surface area (Å²) in [6.07, 6.45) is 37.8. The minimum atomic E-state index is -4.37. The topological polar surface area (TPSA) is 134 Å². The summed E-state index contributed by atoms with van der Waals surface area (Å²) in [5.41, 5.74) is 5.33. The number of hydrogen-bond acceptors (Lipinski definition) is 8. The first-order valence-corrected chi connectivity index (χ1v) is 21.4. The maximum atomic E-state index is 12.5. The summed E-state index contributed by atoms with van der Waals surface area (Å²) in [6, 6.07) is 0. The molecule has 0 heterocycles. The van der Waals surface area contributed by atoms with Crippen molar-refractivity contribution < 1.29 is 37.6 Å². The predicted octanol–water partition coefficient (Wildman–Crippen LogP) is 11.0. The summed E-state index contributed by atoms with van der Waals surface area (Å²) in [6.45, 7) is 5.18. The van der Waals surface area contributed by atoms with Crippen molar-refractivity contribution in [1.82, 2.24) is 0 Å². The second-order valence-electron chi connectivity index (χ2n) is 13.2. The number of carbonyl (C=O) groups excluding carboxylic acids is 2. The second kappa shape index (κ2) is 37.0. The summed E-state index contributed by atoms with van der Waals surface area (Å²) in [7, 11) is -4.37. The maximum absolute atomic E-state index is 12.5. The van der Waals surface area contributed by atoms with Crippen LogP contribution in [0.2, 0.25) is 0 Å². The van der Waals surface area contributed by atoms with Crippen molar-refractivity contribution in [3.63, 3.8) is 0 Å². The molecule has 0 spiro atoms. The quantitative estimate of drug-likeness (QED) is 0.0276. The Bertz CT molecular complexity index is 910. The van der Waals surface area contributed by atoms with Gasteiger partial charge in [0.05, 0.1) is 13.2 Å². The number of phosphoric acid groups is 1. The summed E-state index contributed by atoms with van der Waals surface area (Å²) >= 11 is 0. The minimum Gasteiger partial charge on any atom is -0.462 e. The van der Waals surface area contributed by atoms with E-state index < -0.39 is 26.5 Å². The fourth-order valence-corrected chi connectivity index (χ4v) is 6.16. The number of allylic oxidation sites excluding steroid dienone is 5.